The fourth-order valence-corrected chi connectivity index (χ4v) is 14.4. The van der Waals surface area contributed by atoms with Crippen molar-refractivity contribution in [3.8, 4) is 0 Å². The molecular weight excluding hydrogens is 1330 g/mol. The summed E-state index contributed by atoms with van der Waals surface area (Å²) >= 11 is 0. The van der Waals surface area contributed by atoms with E-state index in [0.717, 1.165) is 108 Å². The van der Waals surface area contributed by atoms with E-state index in [-0.39, 0.29) is 25.7 Å². The van der Waals surface area contributed by atoms with E-state index >= 15 is 0 Å². The molecule has 0 aromatic heterocycles. The molecule has 3 N–H and O–H groups in total. The van der Waals surface area contributed by atoms with Crippen molar-refractivity contribution in [2.75, 3.05) is 39.6 Å². The van der Waals surface area contributed by atoms with Gasteiger partial charge in [-0.2, -0.15) is 0 Å². The molecule has 0 bridgehead atoms. The van der Waals surface area contributed by atoms with Crippen molar-refractivity contribution in [1.82, 2.24) is 0 Å². The third kappa shape index (κ3) is 73.6. The summed E-state index contributed by atoms with van der Waals surface area (Å²) < 4.78 is 68.8. The lowest BCUT2D eigenvalue weighted by Crippen LogP contribution is -2.30. The Morgan fingerprint density at radius 3 is 0.745 bits per heavy atom. The van der Waals surface area contributed by atoms with Crippen molar-refractivity contribution in [1.29, 1.82) is 0 Å². The summed E-state index contributed by atoms with van der Waals surface area (Å²) in [5.41, 5.74) is 0. The molecule has 0 fully saturated rings. The van der Waals surface area contributed by atoms with Crippen LogP contribution in [0, 0.1) is 17.8 Å². The van der Waals surface area contributed by atoms with Crippen LogP contribution < -0.4 is 0 Å². The van der Waals surface area contributed by atoms with E-state index in [0.29, 0.717) is 25.7 Å². The molecule has 0 aliphatic heterocycles. The molecule has 0 spiro atoms. The number of carbonyl (C=O) groups excluding carboxylic acids is 4. The van der Waals surface area contributed by atoms with E-state index in [2.05, 4.69) is 48.5 Å². The Morgan fingerprint density at radius 2 is 0.500 bits per heavy atom. The van der Waals surface area contributed by atoms with E-state index in [1.807, 2.05) is 0 Å². The van der Waals surface area contributed by atoms with Crippen molar-refractivity contribution in [3.05, 3.63) is 0 Å². The molecule has 102 heavy (non-hydrogen) atoms. The molecule has 0 aliphatic carbocycles. The molecule has 0 aromatic carbocycles. The predicted molar refractivity (Wildman–Crippen MR) is 418 cm³/mol. The Morgan fingerprint density at radius 1 is 0.284 bits per heavy atom. The molecule has 0 saturated carbocycles. The van der Waals surface area contributed by atoms with Crippen molar-refractivity contribution in [2.24, 2.45) is 17.8 Å². The zero-order valence-electron chi connectivity index (χ0n) is 67.1. The molecule has 7 atom stereocenters. The van der Waals surface area contributed by atoms with Gasteiger partial charge in [0.15, 0.2) is 12.2 Å². The van der Waals surface area contributed by atoms with E-state index in [1.54, 1.807) is 0 Å². The van der Waals surface area contributed by atoms with Gasteiger partial charge in [-0.1, -0.05) is 382 Å². The highest BCUT2D eigenvalue weighted by atomic mass is 31.2. The van der Waals surface area contributed by atoms with Gasteiger partial charge >= 0.3 is 39.5 Å². The Bertz CT molecular complexity index is 1980. The molecule has 0 aromatic rings. The monoisotopic (exact) mass is 1490 g/mol. The van der Waals surface area contributed by atoms with Gasteiger partial charge in [0.1, 0.15) is 19.3 Å². The van der Waals surface area contributed by atoms with Crippen molar-refractivity contribution in [2.45, 2.75) is 452 Å². The van der Waals surface area contributed by atoms with Crippen molar-refractivity contribution in [3.63, 3.8) is 0 Å². The first-order chi connectivity index (χ1) is 49.3. The molecule has 0 amide bonds. The number of phosphoric acid groups is 2. The predicted octanol–water partition coefficient (Wildman–Crippen LogP) is 24.9. The second kappa shape index (κ2) is 73.2. The highest BCUT2D eigenvalue weighted by Gasteiger charge is 2.30. The first-order valence-corrected chi connectivity index (χ1v) is 45.9. The van der Waals surface area contributed by atoms with Crippen LogP contribution in [-0.4, -0.2) is 96.7 Å². The molecule has 0 heterocycles. The Hall–Kier alpha value is -1.94. The maximum atomic E-state index is 13.1. The van der Waals surface area contributed by atoms with Crippen LogP contribution in [0.1, 0.15) is 434 Å². The quantitative estimate of drug-likeness (QED) is 0.0222. The maximum absolute atomic E-state index is 13.1. The largest absolute Gasteiger partial charge is 0.472 e. The standard InChI is InChI=1S/C83H162O17P2/c1-8-11-12-13-14-15-16-17-18-19-20-21-22-23-26-30-36-45-52-59-66-82(87)99-78(70-93-80(85)64-57-50-43-35-29-27-24-25-28-33-40-47-54-61-74(4)5)72-97-101(89,90)95-68-77(84)69-96-102(91,92)98-73-79(71-94-81(86)65-58-51-44-39-38-42-49-56-63-76(7)10-3)100-83(88)67-60-53-46-37-32-31-34-41-48-55-62-75(6)9-2/h74-79,84H,8-73H2,1-7H3,(H,89,90)(H,91,92)/t75?,76?,77-,78-,79-/m1/s1. The Labute approximate surface area is 626 Å². The molecule has 0 saturated heterocycles. The summed E-state index contributed by atoms with van der Waals surface area (Å²) in [6.07, 6.45) is 62.3. The van der Waals surface area contributed by atoms with Gasteiger partial charge < -0.3 is 33.8 Å². The van der Waals surface area contributed by atoms with Gasteiger partial charge in [-0.3, -0.25) is 37.3 Å². The summed E-state index contributed by atoms with van der Waals surface area (Å²) in [4.78, 5) is 73.1. The van der Waals surface area contributed by atoms with Crippen LogP contribution >= 0.6 is 15.6 Å². The summed E-state index contributed by atoms with van der Waals surface area (Å²) in [7, 11) is -9.93. The van der Waals surface area contributed by atoms with Crippen LogP contribution in [0.15, 0.2) is 0 Å². The third-order valence-electron chi connectivity index (χ3n) is 20.1. The fourth-order valence-electron chi connectivity index (χ4n) is 12.8. The fraction of sp³-hybridized carbons (Fsp3) is 0.952. The summed E-state index contributed by atoms with van der Waals surface area (Å²) in [5, 5.41) is 10.7. The van der Waals surface area contributed by atoms with Crippen LogP contribution in [0.2, 0.25) is 0 Å². The van der Waals surface area contributed by atoms with E-state index < -0.39 is 97.5 Å². The van der Waals surface area contributed by atoms with Crippen LogP contribution in [0.5, 0.6) is 0 Å². The average Bonchev–Trinajstić information content (AvgIpc) is 0.931. The number of hydrogen-bond donors (Lipinski definition) is 3. The number of unbranched alkanes of at least 4 members (excludes halogenated alkanes) is 47. The summed E-state index contributed by atoms with van der Waals surface area (Å²) in [6, 6.07) is 0. The molecule has 606 valence electrons. The lowest BCUT2D eigenvalue weighted by atomic mass is 9.99. The minimum Gasteiger partial charge on any atom is -0.462 e. The maximum Gasteiger partial charge on any atom is 0.472 e. The Balaban J connectivity index is 5.26. The number of rotatable bonds is 81. The first-order valence-electron chi connectivity index (χ1n) is 42.9. The smallest absolute Gasteiger partial charge is 0.462 e. The third-order valence-corrected chi connectivity index (χ3v) is 22.0. The number of carbonyl (C=O) groups is 4. The van der Waals surface area contributed by atoms with E-state index in [4.69, 9.17) is 37.0 Å². The van der Waals surface area contributed by atoms with E-state index in [9.17, 15) is 43.2 Å². The highest BCUT2D eigenvalue weighted by molar-refractivity contribution is 7.47. The van der Waals surface area contributed by atoms with Gasteiger partial charge in [-0.25, -0.2) is 9.13 Å². The minimum absolute atomic E-state index is 0.106. The normalized spacial score (nSPS) is 14.5. The second-order valence-electron chi connectivity index (χ2n) is 30.8. The molecule has 17 nitrogen and oxygen atoms in total. The lowest BCUT2D eigenvalue weighted by Gasteiger charge is -2.21. The van der Waals surface area contributed by atoms with E-state index in [1.165, 1.54) is 244 Å². The molecule has 4 unspecified atom stereocenters. The molecule has 19 heteroatoms. The zero-order chi connectivity index (χ0) is 75.1. The summed E-state index contributed by atoms with van der Waals surface area (Å²) in [6.45, 7) is 12.0. The van der Waals surface area contributed by atoms with Gasteiger partial charge in [0.25, 0.3) is 0 Å². The number of ether oxygens (including phenoxy) is 4. The number of aliphatic hydroxyl groups is 1. The Kier molecular flexibility index (Phi) is 71.8. The lowest BCUT2D eigenvalue weighted by molar-refractivity contribution is -0.161. The summed E-state index contributed by atoms with van der Waals surface area (Å²) in [5.74, 6) is 0.263. The number of phosphoric ester groups is 2. The molecule has 0 aliphatic rings. The second-order valence-corrected chi connectivity index (χ2v) is 33.7. The average molecular weight is 1490 g/mol. The minimum atomic E-state index is -4.96. The van der Waals surface area contributed by atoms with Gasteiger partial charge in [-0.05, 0) is 43.4 Å². The van der Waals surface area contributed by atoms with Crippen LogP contribution in [0.25, 0.3) is 0 Å². The SMILES string of the molecule is CCCCCCCCCCCCCCCCCCCCCCC(=O)O[C@H](COC(=O)CCCCCCCCCCCCCCCC(C)C)COP(=O)(O)OC[C@@H](O)COP(=O)(O)OC[C@@H](COC(=O)CCCCCCCCCCC(C)CC)OC(=O)CCCCCCCCCCCCC(C)CC. The topological polar surface area (TPSA) is 237 Å². The van der Waals surface area contributed by atoms with Crippen LogP contribution in [-0.2, 0) is 65.4 Å². The number of esters is 4. The molecular formula is C83H162O17P2. The van der Waals surface area contributed by atoms with Crippen LogP contribution in [0.3, 0.4) is 0 Å². The van der Waals surface area contributed by atoms with Crippen molar-refractivity contribution >= 4 is 39.5 Å². The van der Waals surface area contributed by atoms with Crippen molar-refractivity contribution < 1.29 is 80.2 Å². The number of hydrogen-bond acceptors (Lipinski definition) is 15. The van der Waals surface area contributed by atoms with Gasteiger partial charge in [0.05, 0.1) is 26.4 Å². The zero-order valence-corrected chi connectivity index (χ0v) is 68.9. The molecule has 0 rings (SSSR count). The first kappa shape index (κ1) is 100. The highest BCUT2D eigenvalue weighted by Crippen LogP contribution is 2.45. The van der Waals surface area contributed by atoms with Gasteiger partial charge in [-0.15, -0.1) is 0 Å². The van der Waals surface area contributed by atoms with Gasteiger partial charge in [0.2, 0.25) is 0 Å². The number of aliphatic hydroxyl groups excluding tert-OH is 1. The van der Waals surface area contributed by atoms with Gasteiger partial charge in [0, 0.05) is 25.7 Å². The molecule has 0 radical (unpaired) electrons. The van der Waals surface area contributed by atoms with Crippen LogP contribution in [0.4, 0.5) is 0 Å².